The van der Waals surface area contributed by atoms with Crippen LogP contribution in [-0.4, -0.2) is 20.7 Å². The van der Waals surface area contributed by atoms with Crippen molar-refractivity contribution < 1.29 is 0 Å². The predicted octanol–water partition coefficient (Wildman–Crippen LogP) is 13.4. The van der Waals surface area contributed by atoms with Crippen LogP contribution >= 0.6 is 0 Å². The molecule has 0 atom stereocenters. The zero-order valence-electron chi connectivity index (χ0n) is 43.3. The Morgan fingerprint density at radius 2 is 0.544 bits per heavy atom. The monoisotopic (exact) mass is 1040 g/mol. The number of para-hydroxylation sites is 5. The van der Waals surface area contributed by atoms with Crippen LogP contribution in [0.15, 0.2) is 309 Å². The molecule has 2 aliphatic rings. The second-order valence-corrected chi connectivity index (χ2v) is 28.6. The Kier molecular flexibility index (Phi) is 10.3. The largest absolute Gasteiger partial charge is 0.311 e. The van der Waals surface area contributed by atoms with E-state index in [4.69, 9.17) is 0 Å². The van der Waals surface area contributed by atoms with Crippen LogP contribution in [0.5, 0.6) is 0 Å². The fourth-order valence-corrected chi connectivity index (χ4v) is 24.2. The quantitative estimate of drug-likeness (QED) is 0.147. The van der Waals surface area contributed by atoms with Gasteiger partial charge in [-0.1, -0.05) is 237 Å². The number of hydrogen-bond donors (Lipinski definition) is 0. The van der Waals surface area contributed by atoms with Crippen molar-refractivity contribution in [1.82, 2.24) is 4.57 Å². The number of benzene rings is 13. The summed E-state index contributed by atoms with van der Waals surface area (Å²) in [5.41, 5.74) is 10.6. The summed E-state index contributed by atoms with van der Waals surface area (Å²) >= 11 is 0. The van der Waals surface area contributed by atoms with Crippen LogP contribution in [0.4, 0.5) is 34.1 Å². The van der Waals surface area contributed by atoms with E-state index < -0.39 is 16.1 Å². The minimum absolute atomic E-state index is 1.13. The molecule has 0 unspecified atom stereocenters. The van der Waals surface area contributed by atoms with Crippen molar-refractivity contribution in [1.29, 1.82) is 0 Å². The highest BCUT2D eigenvalue weighted by atomic mass is 28.3. The van der Waals surface area contributed by atoms with E-state index in [0.29, 0.717) is 0 Å². The summed E-state index contributed by atoms with van der Waals surface area (Å²) in [5, 5.41) is 18.5. The third-order valence-corrected chi connectivity index (χ3v) is 26.9. The summed E-state index contributed by atoms with van der Waals surface area (Å²) in [6.07, 6.45) is 0. The van der Waals surface area contributed by atoms with Crippen molar-refractivity contribution in [2.75, 3.05) is 9.80 Å². The van der Waals surface area contributed by atoms with E-state index in [1.807, 2.05) is 0 Å². The maximum absolute atomic E-state index is 2.90. The summed E-state index contributed by atoms with van der Waals surface area (Å²) in [5.74, 6) is 0. The van der Waals surface area contributed by atoms with E-state index >= 15 is 0 Å². The van der Waals surface area contributed by atoms with Crippen LogP contribution in [0.2, 0.25) is 0 Å². The molecule has 0 radical (unpaired) electrons. The Balaban J connectivity index is 0.925. The lowest BCUT2D eigenvalue weighted by Gasteiger charge is -2.45. The Labute approximate surface area is 461 Å². The van der Waals surface area contributed by atoms with Crippen molar-refractivity contribution in [3.05, 3.63) is 309 Å². The Hall–Kier alpha value is -9.79. The van der Waals surface area contributed by atoms with Crippen molar-refractivity contribution in [3.63, 3.8) is 0 Å². The second kappa shape index (κ2) is 17.9. The molecular weight excluding hydrogens is 987 g/mol. The van der Waals surface area contributed by atoms with E-state index in [-0.39, 0.29) is 0 Å². The lowest BCUT2D eigenvalue weighted by molar-refractivity contribution is 1.18. The standard InChI is InChI=1S/C74H51N3Si2/c1-4-26-56(27-5-1)75-65-46-42-57(76-67-32-14-18-36-71(67)78(59-28-6-2-7-29-59,72-37-19-15-33-68(72)76)61-44-40-52-22-10-12-24-54(52)48-61)50-63(65)64-51-58(43-47-66(64)75)77-69-34-16-20-38-73(69)79(60-30-8-3-9-31-60,74-39-21-17-35-70(74)77)62-45-41-53-23-11-13-25-55(53)49-62/h1-51H. The van der Waals surface area contributed by atoms with Gasteiger partial charge >= 0.3 is 0 Å². The Morgan fingerprint density at radius 3 is 0.937 bits per heavy atom. The highest BCUT2D eigenvalue weighted by Crippen LogP contribution is 2.45. The van der Waals surface area contributed by atoms with Crippen molar-refractivity contribution in [3.8, 4) is 5.69 Å². The number of nitrogens with zero attached hydrogens (tertiary/aromatic N) is 3. The first-order valence-corrected chi connectivity index (χ1v) is 31.4. The minimum atomic E-state index is -2.90. The van der Waals surface area contributed by atoms with E-state index in [0.717, 1.165) is 28.1 Å². The smallest absolute Gasteiger partial charge is 0.184 e. The average Bonchev–Trinajstić information content (AvgIpc) is 3.95. The zero-order valence-corrected chi connectivity index (χ0v) is 45.3. The third kappa shape index (κ3) is 6.64. The fraction of sp³-hybridized carbons (Fsp3) is 0. The molecule has 0 saturated carbocycles. The van der Waals surface area contributed by atoms with Crippen molar-refractivity contribution in [2.24, 2.45) is 0 Å². The van der Waals surface area contributed by atoms with Gasteiger partial charge in [0, 0.05) is 50.6 Å². The van der Waals surface area contributed by atoms with Crippen LogP contribution in [0.3, 0.4) is 0 Å². The van der Waals surface area contributed by atoms with Crippen LogP contribution in [0, 0.1) is 0 Å². The molecule has 3 nitrogen and oxygen atoms in total. The minimum Gasteiger partial charge on any atom is -0.311 e. The number of aromatic nitrogens is 1. The summed E-state index contributed by atoms with van der Waals surface area (Å²) in [6.45, 7) is 0. The van der Waals surface area contributed by atoms with Crippen LogP contribution in [0.1, 0.15) is 0 Å². The summed E-state index contributed by atoms with van der Waals surface area (Å²) in [7, 11) is -5.81. The van der Waals surface area contributed by atoms with Gasteiger partial charge in [0.15, 0.2) is 16.1 Å². The molecule has 13 aromatic carbocycles. The number of anilines is 6. The maximum atomic E-state index is 2.55. The molecule has 16 rings (SSSR count). The molecule has 0 N–H and O–H groups in total. The van der Waals surface area contributed by atoms with Gasteiger partial charge in [0.2, 0.25) is 0 Å². The molecule has 0 fully saturated rings. The lowest BCUT2D eigenvalue weighted by Crippen LogP contribution is -2.77. The summed E-state index contributed by atoms with van der Waals surface area (Å²) in [6, 6.07) is 117. The van der Waals surface area contributed by atoms with Crippen molar-refractivity contribution >= 4 is 135 Å². The van der Waals surface area contributed by atoms with Gasteiger partial charge in [-0.25, -0.2) is 0 Å². The van der Waals surface area contributed by atoms with Gasteiger partial charge in [-0.2, -0.15) is 0 Å². The molecule has 0 aliphatic carbocycles. The Bertz CT molecular complexity index is 4330. The third-order valence-electron chi connectivity index (χ3n) is 17.2. The highest BCUT2D eigenvalue weighted by molar-refractivity contribution is 7.22. The van der Waals surface area contributed by atoms with Gasteiger partial charge in [-0.3, -0.25) is 0 Å². The van der Waals surface area contributed by atoms with Gasteiger partial charge in [-0.15, -0.1) is 0 Å². The average molecular weight is 1040 g/mol. The van der Waals surface area contributed by atoms with E-state index in [1.54, 1.807) is 0 Å². The van der Waals surface area contributed by atoms with Gasteiger partial charge in [-0.05, 0) is 136 Å². The number of hydrogen-bond acceptors (Lipinski definition) is 2. The normalized spacial score (nSPS) is 14.0. The van der Waals surface area contributed by atoms with Crippen LogP contribution in [0.25, 0.3) is 49.0 Å². The highest BCUT2D eigenvalue weighted by Gasteiger charge is 2.50. The Morgan fingerprint density at radius 1 is 0.215 bits per heavy atom. The SMILES string of the molecule is c1ccc(-n2c3ccc(N4c5ccccc5[Si](c5ccccc5)(c5ccc6ccccc6c5)c5ccccc54)cc3c3cc(N4c5ccccc5[Si](c5ccccc5)(c5ccc6ccccc6c5)c5ccccc54)ccc32)cc1. The molecule has 1 aromatic heterocycles. The van der Waals surface area contributed by atoms with Gasteiger partial charge in [0.05, 0.1) is 11.0 Å². The molecule has 5 heteroatoms. The molecule has 0 spiro atoms. The number of rotatable bonds is 7. The van der Waals surface area contributed by atoms with Crippen LogP contribution in [-0.2, 0) is 0 Å². The summed E-state index contributed by atoms with van der Waals surface area (Å²) in [4.78, 5) is 5.10. The van der Waals surface area contributed by atoms with E-state index in [9.17, 15) is 0 Å². The fourth-order valence-electron chi connectivity index (χ4n) is 14.0. The summed E-state index contributed by atoms with van der Waals surface area (Å²) < 4.78 is 2.45. The van der Waals surface area contributed by atoms with E-state index in [2.05, 4.69) is 324 Å². The van der Waals surface area contributed by atoms with E-state index in [1.165, 1.54) is 96.6 Å². The first-order valence-electron chi connectivity index (χ1n) is 27.4. The molecule has 3 heterocycles. The predicted molar refractivity (Wildman–Crippen MR) is 340 cm³/mol. The molecule has 0 bridgehead atoms. The molecular formula is C74H51N3Si2. The maximum Gasteiger partial charge on any atom is 0.184 e. The van der Waals surface area contributed by atoms with Gasteiger partial charge in [0.25, 0.3) is 0 Å². The molecule has 0 saturated heterocycles. The molecule has 14 aromatic rings. The molecule has 0 amide bonds. The molecule has 370 valence electrons. The van der Waals surface area contributed by atoms with Gasteiger partial charge in [0.1, 0.15) is 0 Å². The van der Waals surface area contributed by atoms with Gasteiger partial charge < -0.3 is 14.4 Å². The van der Waals surface area contributed by atoms with Crippen LogP contribution < -0.4 is 51.3 Å². The first kappa shape index (κ1) is 45.4. The topological polar surface area (TPSA) is 11.4 Å². The lowest BCUT2D eigenvalue weighted by atomic mass is 10.1. The van der Waals surface area contributed by atoms with Crippen molar-refractivity contribution in [2.45, 2.75) is 0 Å². The number of fused-ring (bicyclic) bond motifs is 9. The first-order chi connectivity index (χ1) is 39.2. The molecule has 2 aliphatic heterocycles. The zero-order chi connectivity index (χ0) is 52.1. The molecule has 79 heavy (non-hydrogen) atoms. The second-order valence-electron chi connectivity index (χ2n) is 21.2.